The molecule has 1 N–H and O–H groups in total. The first-order valence-corrected chi connectivity index (χ1v) is 9.58. The molecule has 0 bridgehead atoms. The third-order valence-electron chi connectivity index (χ3n) is 4.92. The number of imide groups is 2. The van der Waals surface area contributed by atoms with Crippen LogP contribution in [-0.4, -0.2) is 35.8 Å². The normalized spacial score (nSPS) is 15.2. The fraction of sp³-hybridized carbons (Fsp3) is 0.130. The van der Waals surface area contributed by atoms with Crippen LogP contribution in [-0.2, 0) is 20.9 Å². The number of rotatable bonds is 5. The van der Waals surface area contributed by atoms with Crippen molar-refractivity contribution in [1.82, 2.24) is 10.2 Å². The minimum absolute atomic E-state index is 0.120. The fourth-order valence-electron chi connectivity index (χ4n) is 3.25. The maximum absolute atomic E-state index is 12.8. The largest absolute Gasteiger partial charge is 0.467 e. The van der Waals surface area contributed by atoms with E-state index < -0.39 is 23.8 Å². The summed E-state index contributed by atoms with van der Waals surface area (Å²) in [6, 6.07) is 10.7. The van der Waals surface area contributed by atoms with E-state index in [1.54, 1.807) is 42.5 Å². The Morgan fingerprint density at radius 1 is 1.16 bits per heavy atom. The minimum atomic E-state index is -0.830. The molecule has 1 aliphatic rings. The predicted octanol–water partition coefficient (Wildman–Crippen LogP) is 3.30. The number of urea groups is 1. The summed E-state index contributed by atoms with van der Waals surface area (Å²) in [5.41, 5.74) is 1.62. The van der Waals surface area contributed by atoms with Crippen LogP contribution < -0.4 is 5.32 Å². The highest BCUT2D eigenvalue weighted by Gasteiger charge is 2.36. The Morgan fingerprint density at radius 2 is 1.97 bits per heavy atom. The Bertz CT molecular complexity index is 1250. The number of carbonyl (C=O) groups is 4. The van der Waals surface area contributed by atoms with E-state index in [4.69, 9.17) is 13.6 Å². The third kappa shape index (κ3) is 3.95. The molecule has 0 aliphatic carbocycles. The Morgan fingerprint density at radius 3 is 2.69 bits per heavy atom. The number of methoxy groups -OCH3 is 1. The van der Waals surface area contributed by atoms with E-state index in [9.17, 15) is 19.2 Å². The topological polar surface area (TPSA) is 119 Å². The van der Waals surface area contributed by atoms with Crippen LogP contribution >= 0.6 is 0 Å². The summed E-state index contributed by atoms with van der Waals surface area (Å²) in [5, 5.41) is 2.14. The molecule has 9 heteroatoms. The molecule has 0 unspecified atom stereocenters. The molecule has 2 aromatic heterocycles. The number of furan rings is 2. The van der Waals surface area contributed by atoms with Gasteiger partial charge in [-0.15, -0.1) is 0 Å². The maximum atomic E-state index is 12.8. The van der Waals surface area contributed by atoms with Gasteiger partial charge in [0, 0.05) is 5.56 Å². The molecule has 1 aliphatic heterocycles. The molecule has 0 atom stereocenters. The van der Waals surface area contributed by atoms with E-state index in [1.165, 1.54) is 19.4 Å². The Hall–Kier alpha value is -4.40. The van der Waals surface area contributed by atoms with Crippen molar-refractivity contribution in [3.8, 4) is 11.3 Å². The number of amides is 4. The van der Waals surface area contributed by atoms with Crippen LogP contribution in [0.3, 0.4) is 0 Å². The first-order chi connectivity index (χ1) is 15.4. The third-order valence-corrected chi connectivity index (χ3v) is 4.92. The summed E-state index contributed by atoms with van der Waals surface area (Å²) in [7, 11) is 1.30. The van der Waals surface area contributed by atoms with Crippen LogP contribution in [0.25, 0.3) is 17.4 Å². The zero-order valence-corrected chi connectivity index (χ0v) is 17.2. The van der Waals surface area contributed by atoms with E-state index in [0.29, 0.717) is 22.6 Å². The molecule has 1 fully saturated rings. The van der Waals surface area contributed by atoms with Crippen molar-refractivity contribution in [2.45, 2.75) is 13.5 Å². The molecular weight excluding hydrogens is 416 g/mol. The predicted molar refractivity (Wildman–Crippen MR) is 111 cm³/mol. The van der Waals surface area contributed by atoms with E-state index in [2.05, 4.69) is 5.32 Å². The maximum Gasteiger partial charge on any atom is 0.337 e. The summed E-state index contributed by atoms with van der Waals surface area (Å²) >= 11 is 0. The molecule has 9 nitrogen and oxygen atoms in total. The number of aryl methyl sites for hydroxylation is 1. The SMILES string of the molecule is COC(=O)c1ccc(C)c(-c2ccc(C=C3C(=O)NC(=O)N(Cc4ccco4)C3=O)o2)c1. The zero-order valence-electron chi connectivity index (χ0n) is 17.2. The molecular formula is C23H18N2O7. The van der Waals surface area contributed by atoms with Gasteiger partial charge in [0.25, 0.3) is 11.8 Å². The molecule has 4 rings (SSSR count). The number of nitrogens with zero attached hydrogens (tertiary/aromatic N) is 1. The molecule has 3 aromatic rings. The number of benzene rings is 1. The molecule has 0 spiro atoms. The van der Waals surface area contributed by atoms with Crippen molar-refractivity contribution in [1.29, 1.82) is 0 Å². The molecule has 1 aromatic carbocycles. The number of esters is 1. The lowest BCUT2D eigenvalue weighted by Crippen LogP contribution is -2.53. The first-order valence-electron chi connectivity index (χ1n) is 9.58. The van der Waals surface area contributed by atoms with Crippen LogP contribution in [0.2, 0.25) is 0 Å². The zero-order chi connectivity index (χ0) is 22.8. The number of carbonyl (C=O) groups excluding carboxylic acids is 4. The summed E-state index contributed by atoms with van der Waals surface area (Å²) in [6.07, 6.45) is 2.69. The standard InChI is InChI=1S/C23H18N2O7/c1-13-5-6-14(22(28)30-2)10-17(13)19-8-7-15(32-19)11-18-20(26)24-23(29)25(21(18)27)12-16-4-3-9-31-16/h3-11H,12H2,1-2H3,(H,24,26,29). The fourth-order valence-corrected chi connectivity index (χ4v) is 3.25. The number of hydrogen-bond donors (Lipinski definition) is 1. The van der Waals surface area contributed by atoms with Crippen molar-refractivity contribution in [2.24, 2.45) is 0 Å². The smallest absolute Gasteiger partial charge is 0.337 e. The van der Waals surface area contributed by atoms with Gasteiger partial charge in [0.15, 0.2) is 0 Å². The highest BCUT2D eigenvalue weighted by Crippen LogP contribution is 2.28. The van der Waals surface area contributed by atoms with Crippen molar-refractivity contribution in [3.63, 3.8) is 0 Å². The van der Waals surface area contributed by atoms with Gasteiger partial charge in [-0.1, -0.05) is 6.07 Å². The number of ether oxygens (including phenoxy) is 1. The monoisotopic (exact) mass is 434 g/mol. The van der Waals surface area contributed by atoms with Crippen LogP contribution in [0.4, 0.5) is 4.79 Å². The number of hydrogen-bond acceptors (Lipinski definition) is 7. The molecule has 1 saturated heterocycles. The van der Waals surface area contributed by atoms with Crippen LogP contribution in [0.5, 0.6) is 0 Å². The second kappa shape index (κ2) is 8.38. The number of nitrogens with one attached hydrogen (secondary N) is 1. The van der Waals surface area contributed by atoms with E-state index in [0.717, 1.165) is 10.5 Å². The lowest BCUT2D eigenvalue weighted by Gasteiger charge is -2.25. The molecule has 3 heterocycles. The summed E-state index contributed by atoms with van der Waals surface area (Å²) in [5.74, 6) is -1.01. The molecule has 4 amide bonds. The van der Waals surface area contributed by atoms with Gasteiger partial charge in [-0.3, -0.25) is 19.8 Å². The lowest BCUT2D eigenvalue weighted by atomic mass is 10.0. The summed E-state index contributed by atoms with van der Waals surface area (Å²) in [4.78, 5) is 49.9. The minimum Gasteiger partial charge on any atom is -0.467 e. The average Bonchev–Trinajstić information content (AvgIpc) is 3.46. The summed E-state index contributed by atoms with van der Waals surface area (Å²) in [6.45, 7) is 1.73. The van der Waals surface area contributed by atoms with E-state index >= 15 is 0 Å². The second-order valence-electron chi connectivity index (χ2n) is 7.01. The second-order valence-corrected chi connectivity index (χ2v) is 7.01. The highest BCUT2D eigenvalue weighted by molar-refractivity contribution is 6.30. The Kier molecular flexibility index (Phi) is 5.46. The van der Waals surface area contributed by atoms with E-state index in [1.807, 2.05) is 6.92 Å². The lowest BCUT2D eigenvalue weighted by molar-refractivity contribution is -0.130. The van der Waals surface area contributed by atoms with Gasteiger partial charge in [-0.25, -0.2) is 9.59 Å². The average molecular weight is 434 g/mol. The van der Waals surface area contributed by atoms with Crippen molar-refractivity contribution < 1.29 is 32.7 Å². The molecule has 32 heavy (non-hydrogen) atoms. The van der Waals surface area contributed by atoms with Gasteiger partial charge >= 0.3 is 12.0 Å². The number of barbiturate groups is 1. The summed E-state index contributed by atoms with van der Waals surface area (Å²) < 4.78 is 15.7. The molecule has 162 valence electrons. The Balaban J connectivity index is 1.63. The van der Waals surface area contributed by atoms with Gasteiger partial charge < -0.3 is 13.6 Å². The van der Waals surface area contributed by atoms with Gasteiger partial charge in [-0.2, -0.15) is 0 Å². The van der Waals surface area contributed by atoms with Crippen molar-refractivity contribution in [2.75, 3.05) is 7.11 Å². The van der Waals surface area contributed by atoms with Gasteiger partial charge in [0.05, 0.1) is 25.5 Å². The Labute approximate surface area is 182 Å². The van der Waals surface area contributed by atoms with Gasteiger partial charge in [-0.05, 0) is 55.0 Å². The molecule has 0 radical (unpaired) electrons. The van der Waals surface area contributed by atoms with Crippen LogP contribution in [0.1, 0.15) is 27.4 Å². The van der Waals surface area contributed by atoms with Crippen molar-refractivity contribution in [3.05, 3.63) is 76.9 Å². The van der Waals surface area contributed by atoms with Crippen LogP contribution in [0, 0.1) is 6.92 Å². The van der Waals surface area contributed by atoms with Gasteiger partial charge in [0.1, 0.15) is 22.9 Å². The van der Waals surface area contributed by atoms with Crippen molar-refractivity contribution >= 4 is 29.9 Å². The first kappa shape index (κ1) is 20.9. The molecule has 0 saturated carbocycles. The van der Waals surface area contributed by atoms with E-state index in [-0.39, 0.29) is 17.9 Å². The quantitative estimate of drug-likeness (QED) is 0.372. The highest BCUT2D eigenvalue weighted by atomic mass is 16.5. The van der Waals surface area contributed by atoms with Crippen LogP contribution in [0.15, 0.2) is 63.1 Å². The van der Waals surface area contributed by atoms with Gasteiger partial charge in [0.2, 0.25) is 0 Å².